The van der Waals surface area contributed by atoms with Crippen molar-refractivity contribution in [3.8, 4) is 0 Å². The number of nitrogens with one attached hydrogen (secondary N) is 1. The van der Waals surface area contributed by atoms with Gasteiger partial charge in [0, 0.05) is 6.42 Å². The fourth-order valence-corrected chi connectivity index (χ4v) is 0.989. The highest BCUT2D eigenvalue weighted by Crippen LogP contribution is 2.21. The number of hydrogen-bond donors (Lipinski definition) is 1. The molecule has 1 aliphatic carbocycles. The highest BCUT2D eigenvalue weighted by molar-refractivity contribution is 4.69. The maximum atomic E-state index is 5.31. The van der Waals surface area contributed by atoms with Crippen molar-refractivity contribution in [1.82, 2.24) is 5.48 Å². The monoisotopic (exact) mass is 143 g/mol. The van der Waals surface area contributed by atoms with Gasteiger partial charge in [0.1, 0.15) is 6.23 Å². The van der Waals surface area contributed by atoms with E-state index in [9.17, 15) is 0 Å². The van der Waals surface area contributed by atoms with Crippen LogP contribution in [0.5, 0.6) is 0 Å². The third-order valence-corrected chi connectivity index (χ3v) is 2.12. The Labute approximate surface area is 60.6 Å². The zero-order valence-corrected chi connectivity index (χ0v) is 6.01. The van der Waals surface area contributed by atoms with Gasteiger partial charge in [0.25, 0.3) is 0 Å². The van der Waals surface area contributed by atoms with E-state index in [4.69, 9.17) is 9.57 Å². The van der Waals surface area contributed by atoms with Gasteiger partial charge in [-0.1, -0.05) is 0 Å². The molecule has 1 saturated carbocycles. The summed E-state index contributed by atoms with van der Waals surface area (Å²) in [5.74, 6) is 0. The summed E-state index contributed by atoms with van der Waals surface area (Å²) in [4.78, 5) is 5.31. The SMILES string of the molecule is C1CC(ONC2CCO2)C1. The highest BCUT2D eigenvalue weighted by atomic mass is 16.7. The van der Waals surface area contributed by atoms with E-state index in [0.29, 0.717) is 6.10 Å². The standard InChI is InChI=1S/C7H13NO2/c1-2-6(3-1)10-8-7-4-5-9-7/h6-8H,1-5H2. The molecule has 10 heavy (non-hydrogen) atoms. The van der Waals surface area contributed by atoms with Crippen LogP contribution in [-0.4, -0.2) is 18.9 Å². The second-order valence-electron chi connectivity index (χ2n) is 2.94. The van der Waals surface area contributed by atoms with E-state index in [2.05, 4.69) is 5.48 Å². The minimum atomic E-state index is 0.181. The number of hydroxylamine groups is 1. The largest absolute Gasteiger partial charge is 0.361 e. The van der Waals surface area contributed by atoms with Gasteiger partial charge in [0.15, 0.2) is 0 Å². The van der Waals surface area contributed by atoms with Gasteiger partial charge in [-0.25, -0.2) is 0 Å². The maximum Gasteiger partial charge on any atom is 0.132 e. The molecule has 0 aromatic carbocycles. The summed E-state index contributed by atoms with van der Waals surface area (Å²) in [5, 5.41) is 0. The zero-order chi connectivity index (χ0) is 6.81. The van der Waals surface area contributed by atoms with Gasteiger partial charge in [-0.15, -0.1) is 0 Å². The second kappa shape index (κ2) is 2.86. The fraction of sp³-hybridized carbons (Fsp3) is 1.00. The van der Waals surface area contributed by atoms with E-state index in [-0.39, 0.29) is 6.23 Å². The molecule has 0 bridgehead atoms. The van der Waals surface area contributed by atoms with Crippen molar-refractivity contribution in [3.05, 3.63) is 0 Å². The van der Waals surface area contributed by atoms with Crippen LogP contribution in [0.2, 0.25) is 0 Å². The van der Waals surface area contributed by atoms with Crippen molar-refractivity contribution in [2.24, 2.45) is 0 Å². The number of rotatable bonds is 3. The van der Waals surface area contributed by atoms with Crippen LogP contribution in [0.4, 0.5) is 0 Å². The first-order chi connectivity index (χ1) is 4.95. The van der Waals surface area contributed by atoms with E-state index in [0.717, 1.165) is 13.0 Å². The van der Waals surface area contributed by atoms with Crippen LogP contribution in [-0.2, 0) is 9.57 Å². The minimum absolute atomic E-state index is 0.181. The molecule has 0 aromatic rings. The normalized spacial score (nSPS) is 33.0. The van der Waals surface area contributed by atoms with Crippen molar-refractivity contribution in [1.29, 1.82) is 0 Å². The van der Waals surface area contributed by atoms with Crippen molar-refractivity contribution in [3.63, 3.8) is 0 Å². The Bertz CT molecular complexity index is 96.2. The lowest BCUT2D eigenvalue weighted by Crippen LogP contribution is -2.43. The lowest BCUT2D eigenvalue weighted by Gasteiger charge is -2.31. The predicted octanol–water partition coefficient (Wildman–Crippen LogP) is 0.807. The molecular weight excluding hydrogens is 130 g/mol. The third-order valence-electron chi connectivity index (χ3n) is 2.12. The van der Waals surface area contributed by atoms with Gasteiger partial charge < -0.3 is 4.74 Å². The molecule has 3 nitrogen and oxygen atoms in total. The fourth-order valence-electron chi connectivity index (χ4n) is 0.989. The topological polar surface area (TPSA) is 30.5 Å². The van der Waals surface area contributed by atoms with Gasteiger partial charge in [-0.3, -0.25) is 4.84 Å². The molecule has 0 aromatic heterocycles. The summed E-state index contributed by atoms with van der Waals surface area (Å²) >= 11 is 0. The molecule has 2 rings (SSSR count). The highest BCUT2D eigenvalue weighted by Gasteiger charge is 2.22. The summed E-state index contributed by atoms with van der Waals surface area (Å²) in [7, 11) is 0. The minimum Gasteiger partial charge on any atom is -0.361 e. The van der Waals surface area contributed by atoms with Crippen LogP contribution >= 0.6 is 0 Å². The summed E-state index contributed by atoms with van der Waals surface area (Å²) in [6.45, 7) is 0.881. The van der Waals surface area contributed by atoms with Crippen molar-refractivity contribution < 1.29 is 9.57 Å². The Morgan fingerprint density at radius 2 is 2.10 bits per heavy atom. The zero-order valence-electron chi connectivity index (χ0n) is 6.01. The Morgan fingerprint density at radius 3 is 2.50 bits per heavy atom. The molecule has 58 valence electrons. The molecular formula is C7H13NO2. The average molecular weight is 143 g/mol. The molecule has 1 unspecified atom stereocenters. The first-order valence-corrected chi connectivity index (χ1v) is 3.98. The van der Waals surface area contributed by atoms with Crippen LogP contribution in [0.25, 0.3) is 0 Å². The molecule has 0 spiro atoms. The molecule has 3 heteroatoms. The van der Waals surface area contributed by atoms with Gasteiger partial charge in [0.2, 0.25) is 0 Å². The molecule has 1 atom stereocenters. The summed E-state index contributed by atoms with van der Waals surface area (Å²) in [6, 6.07) is 0. The quantitative estimate of drug-likeness (QED) is 0.593. The molecule has 1 heterocycles. The van der Waals surface area contributed by atoms with Crippen LogP contribution in [0, 0.1) is 0 Å². The first-order valence-electron chi connectivity index (χ1n) is 3.98. The number of hydrogen-bond acceptors (Lipinski definition) is 3. The predicted molar refractivity (Wildman–Crippen MR) is 36.2 cm³/mol. The van der Waals surface area contributed by atoms with Crippen LogP contribution in [0.3, 0.4) is 0 Å². The van der Waals surface area contributed by atoms with Crippen LogP contribution in [0.15, 0.2) is 0 Å². The van der Waals surface area contributed by atoms with E-state index in [1.165, 1.54) is 19.3 Å². The molecule has 2 fully saturated rings. The smallest absolute Gasteiger partial charge is 0.132 e. The molecule has 0 amide bonds. The summed E-state index contributed by atoms with van der Waals surface area (Å²) in [6.07, 6.45) is 5.47. The lowest BCUT2D eigenvalue weighted by atomic mass is 9.97. The molecule has 1 saturated heterocycles. The number of ether oxygens (including phenoxy) is 1. The first kappa shape index (κ1) is 6.58. The van der Waals surface area contributed by atoms with E-state index >= 15 is 0 Å². The molecule has 1 aliphatic heterocycles. The molecule has 1 N–H and O–H groups in total. The summed E-state index contributed by atoms with van der Waals surface area (Å²) < 4.78 is 5.11. The summed E-state index contributed by atoms with van der Waals surface area (Å²) in [5.41, 5.74) is 2.90. The Balaban J connectivity index is 1.54. The lowest BCUT2D eigenvalue weighted by molar-refractivity contribution is -0.183. The molecule has 2 aliphatic rings. The van der Waals surface area contributed by atoms with E-state index < -0.39 is 0 Å². The Hall–Kier alpha value is -0.120. The van der Waals surface area contributed by atoms with Crippen LogP contribution < -0.4 is 5.48 Å². The van der Waals surface area contributed by atoms with Gasteiger partial charge >= 0.3 is 0 Å². The second-order valence-corrected chi connectivity index (χ2v) is 2.94. The van der Waals surface area contributed by atoms with Crippen molar-refractivity contribution in [2.45, 2.75) is 38.0 Å². The van der Waals surface area contributed by atoms with Crippen molar-refractivity contribution >= 4 is 0 Å². The van der Waals surface area contributed by atoms with E-state index in [1.54, 1.807) is 0 Å². The maximum absolute atomic E-state index is 5.31. The van der Waals surface area contributed by atoms with Crippen molar-refractivity contribution in [2.75, 3.05) is 6.61 Å². The van der Waals surface area contributed by atoms with Crippen LogP contribution in [0.1, 0.15) is 25.7 Å². The van der Waals surface area contributed by atoms with Gasteiger partial charge in [0.05, 0.1) is 12.7 Å². The van der Waals surface area contributed by atoms with Gasteiger partial charge in [-0.2, -0.15) is 5.48 Å². The Kier molecular flexibility index (Phi) is 1.88. The molecule has 0 radical (unpaired) electrons. The Morgan fingerprint density at radius 1 is 1.30 bits per heavy atom. The van der Waals surface area contributed by atoms with Gasteiger partial charge in [-0.05, 0) is 19.3 Å². The third kappa shape index (κ3) is 1.31. The average Bonchev–Trinajstić information content (AvgIpc) is 1.70. The van der Waals surface area contributed by atoms with E-state index in [1.807, 2.05) is 0 Å².